The van der Waals surface area contributed by atoms with Crippen molar-refractivity contribution in [3.8, 4) is 0 Å². The molecule has 0 saturated carbocycles. The van der Waals surface area contributed by atoms with Crippen LogP contribution in [-0.2, 0) is 10.0 Å². The molecule has 0 bridgehead atoms. The maximum atomic E-state index is 13.7. The summed E-state index contributed by atoms with van der Waals surface area (Å²) in [5.74, 6) is -0.440. The Morgan fingerprint density at radius 3 is 2.10 bits per heavy atom. The molecule has 10 heteroatoms. The lowest BCUT2D eigenvalue weighted by Gasteiger charge is -2.12. The zero-order valence-electron chi connectivity index (χ0n) is 14.6. The van der Waals surface area contributed by atoms with Crippen LogP contribution in [0.3, 0.4) is 0 Å². The molecule has 0 spiro atoms. The standard InChI is InChI=1S/C19H14Cl2FN3O2S2/c20-12-9-13(21)11-15(10-12)25-29(26,27)16-7-5-14(6-8-16)23-19(28)24-18-4-2-1-3-17(18)22/h1-11,25H,(H2,23,24,28). The lowest BCUT2D eigenvalue weighted by molar-refractivity contribution is 0.601. The molecule has 0 atom stereocenters. The molecule has 3 aromatic carbocycles. The van der Waals surface area contributed by atoms with Gasteiger partial charge in [0.1, 0.15) is 5.82 Å². The van der Waals surface area contributed by atoms with E-state index in [4.69, 9.17) is 35.4 Å². The molecule has 3 N–H and O–H groups in total. The van der Waals surface area contributed by atoms with E-state index in [9.17, 15) is 12.8 Å². The van der Waals surface area contributed by atoms with Gasteiger partial charge in [-0.2, -0.15) is 0 Å². The Hall–Kier alpha value is -2.39. The smallest absolute Gasteiger partial charge is 0.261 e. The number of sulfonamides is 1. The summed E-state index contributed by atoms with van der Waals surface area (Å²) >= 11 is 16.9. The quantitative estimate of drug-likeness (QED) is 0.415. The monoisotopic (exact) mass is 469 g/mol. The minimum Gasteiger partial charge on any atom is -0.332 e. The fraction of sp³-hybridized carbons (Fsp3) is 0. The number of thiocarbonyl (C=S) groups is 1. The molecule has 0 aromatic heterocycles. The molecule has 0 aliphatic rings. The molecule has 150 valence electrons. The third kappa shape index (κ3) is 5.80. The van der Waals surface area contributed by atoms with E-state index in [0.29, 0.717) is 15.7 Å². The molecular formula is C19H14Cl2FN3O2S2. The number of anilines is 3. The minimum atomic E-state index is -3.84. The van der Waals surface area contributed by atoms with E-state index in [1.165, 1.54) is 48.5 Å². The van der Waals surface area contributed by atoms with Gasteiger partial charge in [-0.15, -0.1) is 0 Å². The van der Waals surface area contributed by atoms with Gasteiger partial charge in [0.2, 0.25) is 0 Å². The molecule has 29 heavy (non-hydrogen) atoms. The van der Waals surface area contributed by atoms with E-state index in [-0.39, 0.29) is 21.4 Å². The van der Waals surface area contributed by atoms with E-state index < -0.39 is 15.8 Å². The summed E-state index contributed by atoms with van der Waals surface area (Å²) in [6, 6.07) is 16.4. The maximum absolute atomic E-state index is 13.7. The van der Waals surface area contributed by atoms with Crippen LogP contribution in [0, 0.1) is 5.82 Å². The molecule has 0 unspecified atom stereocenters. The van der Waals surface area contributed by atoms with Gasteiger partial charge in [0.25, 0.3) is 10.0 Å². The van der Waals surface area contributed by atoms with E-state index in [0.717, 1.165) is 0 Å². The number of rotatable bonds is 5. The van der Waals surface area contributed by atoms with Crippen LogP contribution in [0.1, 0.15) is 0 Å². The van der Waals surface area contributed by atoms with Crippen molar-refractivity contribution >= 4 is 67.6 Å². The molecule has 3 rings (SSSR count). The van der Waals surface area contributed by atoms with E-state index in [1.807, 2.05) is 0 Å². The molecule has 0 radical (unpaired) electrons. The van der Waals surface area contributed by atoms with Crippen LogP contribution in [0.4, 0.5) is 21.5 Å². The first kappa shape index (κ1) is 21.3. The topological polar surface area (TPSA) is 70.2 Å². The van der Waals surface area contributed by atoms with Gasteiger partial charge < -0.3 is 10.6 Å². The van der Waals surface area contributed by atoms with Gasteiger partial charge in [0.05, 0.1) is 16.3 Å². The second kappa shape index (κ2) is 8.96. The average molecular weight is 470 g/mol. The minimum absolute atomic E-state index is 0.0344. The second-order valence-electron chi connectivity index (χ2n) is 5.85. The first-order chi connectivity index (χ1) is 13.7. The van der Waals surface area contributed by atoms with Crippen LogP contribution in [0.25, 0.3) is 0 Å². The van der Waals surface area contributed by atoms with Gasteiger partial charge in [-0.25, -0.2) is 12.8 Å². The molecule has 5 nitrogen and oxygen atoms in total. The fourth-order valence-corrected chi connectivity index (χ4v) is 4.19. The number of halogens is 3. The number of hydrogen-bond acceptors (Lipinski definition) is 3. The average Bonchev–Trinajstić information content (AvgIpc) is 2.63. The fourth-order valence-electron chi connectivity index (χ4n) is 2.39. The highest BCUT2D eigenvalue weighted by Gasteiger charge is 2.15. The summed E-state index contributed by atoms with van der Waals surface area (Å²) in [6.45, 7) is 0. The Morgan fingerprint density at radius 1 is 0.862 bits per heavy atom. The summed E-state index contributed by atoms with van der Waals surface area (Å²) in [6.07, 6.45) is 0. The van der Waals surface area contributed by atoms with Crippen LogP contribution in [0.5, 0.6) is 0 Å². The number of hydrogen-bond donors (Lipinski definition) is 3. The zero-order valence-corrected chi connectivity index (χ0v) is 17.8. The van der Waals surface area contributed by atoms with Crippen LogP contribution in [-0.4, -0.2) is 13.5 Å². The Bertz CT molecular complexity index is 1140. The Balaban J connectivity index is 1.69. The van der Waals surface area contributed by atoms with E-state index in [1.54, 1.807) is 18.2 Å². The normalized spacial score (nSPS) is 11.0. The first-order valence-electron chi connectivity index (χ1n) is 8.14. The summed E-state index contributed by atoms with van der Waals surface area (Å²) in [5.41, 5.74) is 1.01. The summed E-state index contributed by atoms with van der Waals surface area (Å²) in [4.78, 5) is 0.0344. The van der Waals surface area contributed by atoms with Crippen LogP contribution >= 0.6 is 35.4 Å². The van der Waals surface area contributed by atoms with Crippen molar-refractivity contribution in [1.82, 2.24) is 0 Å². The third-order valence-electron chi connectivity index (χ3n) is 3.66. The van der Waals surface area contributed by atoms with Gasteiger partial charge in [0, 0.05) is 15.7 Å². The van der Waals surface area contributed by atoms with Gasteiger partial charge >= 0.3 is 0 Å². The highest BCUT2D eigenvalue weighted by atomic mass is 35.5. The van der Waals surface area contributed by atoms with E-state index in [2.05, 4.69) is 15.4 Å². The lowest BCUT2D eigenvalue weighted by Crippen LogP contribution is -2.20. The number of benzene rings is 3. The summed E-state index contributed by atoms with van der Waals surface area (Å²) < 4.78 is 41.2. The van der Waals surface area contributed by atoms with Crippen LogP contribution < -0.4 is 15.4 Å². The highest BCUT2D eigenvalue weighted by molar-refractivity contribution is 7.92. The Kier molecular flexibility index (Phi) is 6.59. The molecule has 0 aliphatic carbocycles. The summed E-state index contributed by atoms with van der Waals surface area (Å²) in [7, 11) is -3.84. The molecule has 0 fully saturated rings. The molecule has 0 saturated heterocycles. The highest BCUT2D eigenvalue weighted by Crippen LogP contribution is 2.25. The van der Waals surface area contributed by atoms with Gasteiger partial charge in [-0.05, 0) is 66.8 Å². The van der Waals surface area contributed by atoms with Gasteiger partial charge in [-0.1, -0.05) is 35.3 Å². The van der Waals surface area contributed by atoms with Gasteiger partial charge in [0.15, 0.2) is 5.11 Å². The van der Waals surface area contributed by atoms with Gasteiger partial charge in [-0.3, -0.25) is 4.72 Å². The predicted molar refractivity (Wildman–Crippen MR) is 120 cm³/mol. The third-order valence-corrected chi connectivity index (χ3v) is 5.70. The predicted octanol–water partition coefficient (Wildman–Crippen LogP) is 5.74. The van der Waals surface area contributed by atoms with E-state index >= 15 is 0 Å². The van der Waals surface area contributed by atoms with Crippen molar-refractivity contribution in [3.05, 3.63) is 82.6 Å². The Morgan fingerprint density at radius 2 is 1.48 bits per heavy atom. The van der Waals surface area contributed by atoms with Crippen LogP contribution in [0.15, 0.2) is 71.6 Å². The largest absolute Gasteiger partial charge is 0.332 e. The maximum Gasteiger partial charge on any atom is 0.261 e. The number of para-hydroxylation sites is 1. The Labute approximate surface area is 182 Å². The van der Waals surface area contributed by atoms with Crippen molar-refractivity contribution in [3.63, 3.8) is 0 Å². The first-order valence-corrected chi connectivity index (χ1v) is 10.8. The van der Waals surface area contributed by atoms with Crippen molar-refractivity contribution in [2.75, 3.05) is 15.4 Å². The lowest BCUT2D eigenvalue weighted by atomic mass is 10.3. The zero-order chi connectivity index (χ0) is 21.0. The molecular weight excluding hydrogens is 456 g/mol. The van der Waals surface area contributed by atoms with Crippen molar-refractivity contribution in [2.24, 2.45) is 0 Å². The van der Waals surface area contributed by atoms with Crippen molar-refractivity contribution < 1.29 is 12.8 Å². The molecule has 3 aromatic rings. The number of nitrogens with one attached hydrogen (secondary N) is 3. The SMILES string of the molecule is O=S(=O)(Nc1cc(Cl)cc(Cl)c1)c1ccc(NC(=S)Nc2ccccc2F)cc1. The second-order valence-corrected chi connectivity index (χ2v) is 8.81. The van der Waals surface area contributed by atoms with Crippen molar-refractivity contribution in [1.29, 1.82) is 0 Å². The summed E-state index contributed by atoms with van der Waals surface area (Å²) in [5, 5.41) is 6.39. The van der Waals surface area contributed by atoms with Crippen molar-refractivity contribution in [2.45, 2.75) is 4.90 Å². The molecule has 0 heterocycles. The molecule has 0 amide bonds. The molecule has 0 aliphatic heterocycles. The van der Waals surface area contributed by atoms with Crippen LogP contribution in [0.2, 0.25) is 10.0 Å².